The topological polar surface area (TPSA) is 119 Å². The smallest absolute Gasteiger partial charge is 0.225 e. The number of fused-ring (bicyclic) bond motifs is 3. The predicted molar refractivity (Wildman–Crippen MR) is 118 cm³/mol. The minimum absolute atomic E-state index is 0.0615. The molecule has 3 N–H and O–H groups in total. The van der Waals surface area contributed by atoms with Crippen molar-refractivity contribution in [2.45, 2.75) is 57.6 Å². The van der Waals surface area contributed by atoms with Crippen molar-refractivity contribution in [1.29, 1.82) is 0 Å². The summed E-state index contributed by atoms with van der Waals surface area (Å²) in [5.74, 6) is 0.352. The first kappa shape index (κ1) is 22.2. The highest BCUT2D eigenvalue weighted by molar-refractivity contribution is 5.93. The molecule has 2 heterocycles. The summed E-state index contributed by atoms with van der Waals surface area (Å²) in [5, 5.41) is 14.6. The van der Waals surface area contributed by atoms with Gasteiger partial charge in [0.15, 0.2) is 23.0 Å². The van der Waals surface area contributed by atoms with Gasteiger partial charge in [-0.1, -0.05) is 0 Å². The lowest BCUT2D eigenvalue weighted by molar-refractivity contribution is -0.136. The van der Waals surface area contributed by atoms with Crippen LogP contribution in [0.1, 0.15) is 44.9 Å². The Morgan fingerprint density at radius 1 is 1.41 bits per heavy atom. The summed E-state index contributed by atoms with van der Waals surface area (Å²) in [5.41, 5.74) is 6.97. The molecule has 2 unspecified atom stereocenters. The largest absolute Gasteiger partial charge is 0.494 e. The molecule has 1 aliphatic carbocycles. The van der Waals surface area contributed by atoms with Crippen molar-refractivity contribution in [2.75, 3.05) is 19.9 Å². The Morgan fingerprint density at radius 2 is 2.19 bits per heavy atom. The van der Waals surface area contributed by atoms with Gasteiger partial charge in [-0.25, -0.2) is 14.4 Å². The van der Waals surface area contributed by atoms with E-state index in [1.807, 2.05) is 14.0 Å². The molecule has 0 radical (unpaired) electrons. The zero-order chi connectivity index (χ0) is 23.0. The second-order valence-corrected chi connectivity index (χ2v) is 8.59. The number of benzene rings is 1. The third-order valence-electron chi connectivity index (χ3n) is 6.40. The fourth-order valence-corrected chi connectivity index (χ4v) is 4.37. The molecule has 1 saturated carbocycles. The first-order valence-electron chi connectivity index (χ1n) is 10.9. The Kier molecular flexibility index (Phi) is 6.14. The molecule has 32 heavy (non-hydrogen) atoms. The van der Waals surface area contributed by atoms with E-state index in [1.54, 1.807) is 4.90 Å². The predicted octanol–water partition coefficient (Wildman–Crippen LogP) is 2.34. The van der Waals surface area contributed by atoms with Crippen molar-refractivity contribution in [1.82, 2.24) is 24.5 Å². The van der Waals surface area contributed by atoms with Crippen molar-refractivity contribution in [3.8, 4) is 5.75 Å². The first-order chi connectivity index (χ1) is 15.3. The van der Waals surface area contributed by atoms with Crippen LogP contribution in [0.15, 0.2) is 12.1 Å². The number of nitrogen functional groups attached to an aromatic ring is 1. The van der Waals surface area contributed by atoms with Gasteiger partial charge in [-0.05, 0) is 45.1 Å². The highest BCUT2D eigenvalue weighted by atomic mass is 19.1. The molecular weight excluding hydrogens is 415 g/mol. The molecule has 0 saturated heterocycles. The number of nitrogens with zero attached hydrogens (tertiary/aromatic N) is 5. The van der Waals surface area contributed by atoms with Crippen molar-refractivity contribution < 1.29 is 19.0 Å². The fraction of sp³-hybridized carbons (Fsp3) is 0.545. The zero-order valence-electron chi connectivity index (χ0n) is 18.6. The van der Waals surface area contributed by atoms with E-state index >= 15 is 0 Å². The lowest BCUT2D eigenvalue weighted by Crippen LogP contribution is -2.38. The molecule has 0 spiro atoms. The summed E-state index contributed by atoms with van der Waals surface area (Å²) in [6.07, 6.45) is 3.79. The maximum atomic E-state index is 14.2. The zero-order valence-corrected chi connectivity index (χ0v) is 18.6. The van der Waals surface area contributed by atoms with Crippen LogP contribution in [-0.4, -0.2) is 61.8 Å². The minimum Gasteiger partial charge on any atom is -0.494 e. The molecule has 3 aromatic rings. The second kappa shape index (κ2) is 8.85. The Bertz CT molecular complexity index is 1150. The molecular formula is C22H29FN6O3. The van der Waals surface area contributed by atoms with Gasteiger partial charge in [-0.15, -0.1) is 5.10 Å². The van der Waals surface area contributed by atoms with Crippen LogP contribution < -0.4 is 10.5 Å². The molecule has 9 nitrogen and oxygen atoms in total. The van der Waals surface area contributed by atoms with Crippen molar-refractivity contribution in [3.05, 3.63) is 23.8 Å². The average molecular weight is 445 g/mol. The number of carbonyl (C=O) groups is 1. The van der Waals surface area contributed by atoms with Crippen LogP contribution in [0.2, 0.25) is 0 Å². The van der Waals surface area contributed by atoms with Crippen molar-refractivity contribution in [2.24, 2.45) is 5.92 Å². The quantitative estimate of drug-likeness (QED) is 0.574. The van der Waals surface area contributed by atoms with Gasteiger partial charge in [-0.2, -0.15) is 4.52 Å². The van der Waals surface area contributed by atoms with E-state index in [2.05, 4.69) is 15.1 Å². The van der Waals surface area contributed by atoms with Gasteiger partial charge in [0.2, 0.25) is 11.9 Å². The van der Waals surface area contributed by atoms with Crippen LogP contribution in [0.3, 0.4) is 0 Å². The molecule has 3 atom stereocenters. The number of hydrogen-bond donors (Lipinski definition) is 2. The number of aliphatic hydroxyl groups excluding tert-OH is 1. The van der Waals surface area contributed by atoms with Gasteiger partial charge in [0.25, 0.3) is 0 Å². The summed E-state index contributed by atoms with van der Waals surface area (Å²) in [6, 6.07) is 2.89. The maximum absolute atomic E-state index is 14.2. The maximum Gasteiger partial charge on any atom is 0.225 e. The molecule has 0 bridgehead atoms. The number of amides is 1. The molecule has 172 valence electrons. The number of rotatable bonds is 7. The Labute approximate surface area is 185 Å². The minimum atomic E-state index is -0.505. The summed E-state index contributed by atoms with van der Waals surface area (Å²) < 4.78 is 20.7. The second-order valence-electron chi connectivity index (χ2n) is 8.59. The molecule has 2 aromatic heterocycles. The van der Waals surface area contributed by atoms with Crippen LogP contribution in [0.4, 0.5) is 10.3 Å². The molecule has 0 aliphatic heterocycles. The molecule has 1 amide bonds. The van der Waals surface area contributed by atoms with Crippen LogP contribution in [0, 0.1) is 11.7 Å². The Balaban J connectivity index is 1.44. The van der Waals surface area contributed by atoms with Crippen molar-refractivity contribution >= 4 is 28.4 Å². The number of anilines is 1. The van der Waals surface area contributed by atoms with E-state index in [9.17, 15) is 14.3 Å². The van der Waals surface area contributed by atoms with Crippen LogP contribution in [0.25, 0.3) is 16.6 Å². The molecule has 10 heteroatoms. The number of halogens is 1. The third-order valence-corrected chi connectivity index (χ3v) is 6.40. The number of nitrogens with two attached hydrogens (primary N) is 1. The summed E-state index contributed by atoms with van der Waals surface area (Å²) in [7, 11) is 3.21. The number of aliphatic hydroxyl groups is 1. The van der Waals surface area contributed by atoms with E-state index in [0.29, 0.717) is 41.6 Å². The van der Waals surface area contributed by atoms with E-state index in [1.165, 1.54) is 23.8 Å². The summed E-state index contributed by atoms with van der Waals surface area (Å²) in [6.45, 7) is 2.02. The van der Waals surface area contributed by atoms with E-state index in [-0.39, 0.29) is 35.7 Å². The fourth-order valence-electron chi connectivity index (χ4n) is 4.37. The number of aromatic nitrogens is 4. The number of ether oxygens (including phenoxy) is 1. The van der Waals surface area contributed by atoms with E-state index in [0.717, 1.165) is 19.3 Å². The van der Waals surface area contributed by atoms with E-state index < -0.39 is 5.82 Å². The van der Waals surface area contributed by atoms with Gasteiger partial charge < -0.3 is 20.5 Å². The third kappa shape index (κ3) is 4.19. The van der Waals surface area contributed by atoms with Gasteiger partial charge in [0, 0.05) is 36.9 Å². The van der Waals surface area contributed by atoms with Gasteiger partial charge in [0.1, 0.15) is 0 Å². The molecule has 1 fully saturated rings. The monoisotopic (exact) mass is 444 g/mol. The normalized spacial score (nSPS) is 19.5. The number of hydrogen-bond acceptors (Lipinski definition) is 7. The lowest BCUT2D eigenvalue weighted by Gasteiger charge is -2.27. The van der Waals surface area contributed by atoms with Crippen LogP contribution in [0.5, 0.6) is 5.75 Å². The van der Waals surface area contributed by atoms with Crippen LogP contribution in [-0.2, 0) is 11.2 Å². The Hall–Kier alpha value is -3.01. The summed E-state index contributed by atoms with van der Waals surface area (Å²) >= 11 is 0. The average Bonchev–Trinajstić information content (AvgIpc) is 3.40. The van der Waals surface area contributed by atoms with Crippen molar-refractivity contribution in [3.63, 3.8) is 0 Å². The van der Waals surface area contributed by atoms with E-state index in [4.69, 9.17) is 10.5 Å². The van der Waals surface area contributed by atoms with Gasteiger partial charge >= 0.3 is 0 Å². The van der Waals surface area contributed by atoms with Gasteiger partial charge in [-0.3, -0.25) is 4.79 Å². The number of methoxy groups -OCH3 is 1. The van der Waals surface area contributed by atoms with Crippen LogP contribution >= 0.6 is 0 Å². The highest BCUT2D eigenvalue weighted by Crippen LogP contribution is 2.29. The summed E-state index contributed by atoms with van der Waals surface area (Å²) in [4.78, 5) is 23.3. The molecule has 4 rings (SSSR count). The number of aryl methyl sites for hydroxylation is 1. The lowest BCUT2D eigenvalue weighted by atomic mass is 10.0. The molecule has 1 aromatic carbocycles. The first-order valence-corrected chi connectivity index (χ1v) is 10.9. The highest BCUT2D eigenvalue weighted by Gasteiger charge is 2.31. The standard InChI is InChI=1S/C22H29FN6O3/c1-12(28(2)21(31)13-7-8-14(30)9-13)5-4-6-19-26-20-15-10-16(23)18(32-3)11-17(15)25-22(24)29(20)27-19/h10-14,30H,4-9H2,1-3H3,(H2,24,25)/t12-,13?,14?/m0/s1. The van der Waals surface area contributed by atoms with Gasteiger partial charge in [0.05, 0.1) is 18.7 Å². The Morgan fingerprint density at radius 3 is 2.88 bits per heavy atom. The molecule has 1 aliphatic rings. The number of carbonyl (C=O) groups excluding carboxylic acids is 1. The SMILES string of the molecule is COc1cc2nc(N)n3nc(CCC[C@H](C)N(C)C(=O)C4CCC(O)C4)nc3c2cc1F.